The van der Waals surface area contributed by atoms with Crippen molar-refractivity contribution in [3.05, 3.63) is 65.9 Å². The molecule has 2 fully saturated rings. The number of hydrogen-bond donors (Lipinski definition) is 17. The molecule has 0 radical (unpaired) electrons. The molecule has 10 atom stereocenters. The molecule has 0 saturated carbocycles. The van der Waals surface area contributed by atoms with Crippen molar-refractivity contribution in [2.45, 2.75) is 159 Å². The Hall–Kier alpha value is -10.7. The molecule has 0 bridgehead atoms. The number of aliphatic carboxylic acids is 2. The molecule has 3 heterocycles. The lowest BCUT2D eigenvalue weighted by molar-refractivity contribution is -0.143. The van der Waals surface area contributed by atoms with Crippen LogP contribution in [0.2, 0.25) is 0 Å². The van der Waals surface area contributed by atoms with Crippen LogP contribution in [-0.2, 0) is 89.6 Å². The summed E-state index contributed by atoms with van der Waals surface area (Å²) >= 11 is 0. The first-order chi connectivity index (χ1) is 44.9. The number of nitrogens with zero attached hydrogens (tertiary/aromatic N) is 1. The Labute approximate surface area is 544 Å². The Balaban J connectivity index is 1.55. The topological polar surface area (TPSA) is 537 Å². The van der Waals surface area contributed by atoms with Gasteiger partial charge in [0.25, 0.3) is 0 Å². The van der Waals surface area contributed by atoms with Crippen LogP contribution >= 0.6 is 0 Å². The van der Waals surface area contributed by atoms with Crippen LogP contribution in [0, 0.1) is 11.8 Å². The van der Waals surface area contributed by atoms with Gasteiger partial charge in [-0.25, -0.2) is 0 Å². The third-order valence-corrected chi connectivity index (χ3v) is 15.7. The van der Waals surface area contributed by atoms with E-state index in [4.69, 9.17) is 11.5 Å². The largest absolute Gasteiger partial charge is 0.508 e. The number of nitrogens with one attached hydrogen (secondary N) is 12. The number of benzene rings is 2. The molecule has 5 rings (SSSR count). The molecule has 0 spiro atoms. The fraction of sp³-hybridized carbons (Fsp3) is 0.508. The number of aromatic hydroxyl groups is 1. The minimum atomic E-state index is -1.93. The molecule has 516 valence electrons. The summed E-state index contributed by atoms with van der Waals surface area (Å²) in [6.07, 6.45) is -3.07. The highest BCUT2D eigenvalue weighted by Crippen LogP contribution is 2.23. The van der Waals surface area contributed by atoms with Gasteiger partial charge in [-0.1, -0.05) is 64.4 Å². The first-order valence-electron chi connectivity index (χ1n) is 30.8. The zero-order valence-electron chi connectivity index (χ0n) is 52.8. The minimum Gasteiger partial charge on any atom is -0.508 e. The average Bonchev–Trinajstić information content (AvgIpc) is 1.61. The number of aromatic amines is 1. The zero-order valence-corrected chi connectivity index (χ0v) is 52.8. The predicted molar refractivity (Wildman–Crippen MR) is 333 cm³/mol. The van der Waals surface area contributed by atoms with E-state index in [1.807, 2.05) is 0 Å². The Morgan fingerprint density at radius 3 is 1.55 bits per heavy atom. The van der Waals surface area contributed by atoms with Crippen molar-refractivity contribution in [2.75, 3.05) is 26.2 Å². The molecule has 2 aliphatic heterocycles. The molecule has 10 unspecified atom stereocenters. The van der Waals surface area contributed by atoms with Gasteiger partial charge in [-0.15, -0.1) is 0 Å². The van der Waals surface area contributed by atoms with Crippen LogP contribution < -0.4 is 70.0 Å². The summed E-state index contributed by atoms with van der Waals surface area (Å²) in [6.45, 7) is 3.95. The van der Waals surface area contributed by atoms with E-state index < -0.39 is 220 Å². The molecule has 34 nitrogen and oxygen atoms in total. The van der Waals surface area contributed by atoms with Gasteiger partial charge in [0.05, 0.1) is 32.5 Å². The highest BCUT2D eigenvalue weighted by atomic mass is 16.4. The molecule has 34 heteroatoms. The number of primary amides is 2. The second-order valence-corrected chi connectivity index (χ2v) is 23.6. The first kappa shape index (κ1) is 75.0. The molecule has 19 N–H and O–H groups in total. The Kier molecular flexibility index (Phi) is 28.4. The van der Waals surface area contributed by atoms with Gasteiger partial charge < -0.3 is 95.2 Å². The zero-order chi connectivity index (χ0) is 70.2. The van der Waals surface area contributed by atoms with Crippen LogP contribution in [0.1, 0.15) is 103 Å². The van der Waals surface area contributed by atoms with Crippen molar-refractivity contribution in [1.29, 1.82) is 0 Å². The summed E-state index contributed by atoms with van der Waals surface area (Å²) in [6, 6.07) is -2.49. The number of carbonyl (C=O) groups is 16. The predicted octanol–water partition coefficient (Wildman–Crippen LogP) is -4.54. The number of phenols is 1. The summed E-state index contributed by atoms with van der Waals surface area (Å²) in [5.41, 5.74) is 12.6. The number of phenolic OH excluding ortho intramolecular Hbond substituents is 1. The van der Waals surface area contributed by atoms with Gasteiger partial charge in [-0.3, -0.25) is 76.7 Å². The van der Waals surface area contributed by atoms with Crippen LogP contribution in [0.15, 0.2) is 54.7 Å². The van der Waals surface area contributed by atoms with E-state index in [9.17, 15) is 92.0 Å². The van der Waals surface area contributed by atoms with Crippen molar-refractivity contribution < 1.29 is 92.0 Å². The molecule has 3 aromatic rings. The summed E-state index contributed by atoms with van der Waals surface area (Å²) in [7, 11) is 0. The number of aromatic nitrogens is 1. The van der Waals surface area contributed by atoms with Gasteiger partial charge >= 0.3 is 11.9 Å². The number of carboxylic acids is 2. The summed E-state index contributed by atoms with van der Waals surface area (Å²) in [5.74, 6) is -18.7. The minimum absolute atomic E-state index is 0.0181. The van der Waals surface area contributed by atoms with Gasteiger partial charge in [0.2, 0.25) is 82.7 Å². The lowest BCUT2D eigenvalue weighted by Crippen LogP contribution is -2.61. The van der Waals surface area contributed by atoms with Gasteiger partial charge in [0, 0.05) is 49.3 Å². The second-order valence-electron chi connectivity index (χ2n) is 23.6. The van der Waals surface area contributed by atoms with E-state index in [2.05, 4.69) is 63.5 Å². The van der Waals surface area contributed by atoms with E-state index >= 15 is 0 Å². The lowest BCUT2D eigenvalue weighted by atomic mass is 9.96. The fourth-order valence-electron chi connectivity index (χ4n) is 10.5. The van der Waals surface area contributed by atoms with Crippen molar-refractivity contribution in [1.82, 2.24) is 68.4 Å². The van der Waals surface area contributed by atoms with Gasteiger partial charge in [0.15, 0.2) is 0 Å². The van der Waals surface area contributed by atoms with Crippen molar-refractivity contribution in [3.8, 4) is 5.75 Å². The van der Waals surface area contributed by atoms with E-state index in [1.54, 1.807) is 52.0 Å². The summed E-state index contributed by atoms with van der Waals surface area (Å²) in [4.78, 5) is 221. The maximum Gasteiger partial charge on any atom is 0.303 e. The van der Waals surface area contributed by atoms with Gasteiger partial charge in [-0.2, -0.15) is 0 Å². The third kappa shape index (κ3) is 23.7. The third-order valence-electron chi connectivity index (χ3n) is 15.7. The lowest BCUT2D eigenvalue weighted by Gasteiger charge is -2.32. The first-order valence-corrected chi connectivity index (χ1v) is 30.8. The molecule has 95 heavy (non-hydrogen) atoms. The molecule has 14 amide bonds. The number of fused-ring (bicyclic) bond motifs is 2. The highest BCUT2D eigenvalue weighted by molar-refractivity contribution is 6.01. The molecule has 2 aliphatic rings. The molecule has 2 aromatic carbocycles. The Morgan fingerprint density at radius 2 is 1.02 bits per heavy atom. The van der Waals surface area contributed by atoms with Crippen molar-refractivity contribution >= 4 is 106 Å². The number of H-pyrrole nitrogens is 1. The van der Waals surface area contributed by atoms with Crippen molar-refractivity contribution in [3.63, 3.8) is 0 Å². The van der Waals surface area contributed by atoms with Crippen LogP contribution in [0.3, 0.4) is 0 Å². The number of hydrogen-bond acceptors (Lipinski definition) is 17. The van der Waals surface area contributed by atoms with Gasteiger partial charge in [-0.05, 0) is 73.3 Å². The van der Waals surface area contributed by atoms with E-state index in [0.29, 0.717) is 22.0 Å². The number of carbonyl (C=O) groups excluding carboxylic acids is 14. The number of rotatable bonds is 18. The highest BCUT2D eigenvalue weighted by Gasteiger charge is 2.42. The van der Waals surface area contributed by atoms with E-state index in [-0.39, 0.29) is 50.3 Å². The number of nitrogens with two attached hydrogens (primary N) is 2. The normalized spacial score (nSPS) is 23.8. The smallest absolute Gasteiger partial charge is 0.303 e. The van der Waals surface area contributed by atoms with Gasteiger partial charge in [0.1, 0.15) is 60.1 Å². The number of amides is 14. The Morgan fingerprint density at radius 1 is 0.547 bits per heavy atom. The van der Waals surface area contributed by atoms with Crippen LogP contribution in [0.25, 0.3) is 10.9 Å². The monoisotopic (exact) mass is 1330 g/mol. The quantitative estimate of drug-likeness (QED) is 0.0570. The van der Waals surface area contributed by atoms with Crippen molar-refractivity contribution in [2.24, 2.45) is 23.3 Å². The SMILES string of the molecule is CCC(C)C1NC(=O)C2CCCN2C(=O)C(CC(N)=O)NC(=O)C(Cc2ccc(O)cc2)NC(=O)C(CC(N)=O)NC(=O)C(Cc2c[nH]c3ccccc23)NC(=O)CNC(=O)C(CCC(=O)O)NC(=O)CNC(=O)C(CCC(=O)O)NC(=O)CNC(=O)C(CC(C)C)NC1=O. The molecule has 0 aliphatic carbocycles. The molecule has 1 aromatic heterocycles. The van der Waals surface area contributed by atoms with E-state index in [1.165, 1.54) is 30.5 Å². The standard InChI is InChI=1S/C61H83N15O19/c1-5-31(4)52-60(94)73-39(21-30(2)3)55(89)67-28-48(81)69-37(16-18-50(83)84)53(87)65-27-47(80)68-38(17-19-51(85)86)54(88)66-29-49(82)70-41(23-33-26-64-36-10-7-6-9-35(33)36)57(91)72-42(24-45(62)78)58(92)71-40(22-32-12-14-34(77)15-13-32)56(90)74-43(25-46(63)79)61(95)76-20-8-11-44(76)59(93)75-52/h6-7,9-10,12-15,26,30-31,37-44,52,64,77H,5,8,11,16-25,27-29H2,1-4H3,(H2,62,78)(H2,63,79)(H,65,87)(H,66,88)(H,67,89)(H,68,80)(H,69,81)(H,70,82)(H,71,92)(H,72,91)(H,73,94)(H,74,90)(H,75,93)(H,83,84)(H,85,86). The molecular formula is C61H83N15O19. The maximum absolute atomic E-state index is 14.7. The number of para-hydroxylation sites is 1. The van der Waals surface area contributed by atoms with Crippen LogP contribution in [0.4, 0.5) is 0 Å². The average molecular weight is 1330 g/mol. The maximum atomic E-state index is 14.7. The summed E-state index contributed by atoms with van der Waals surface area (Å²) in [5, 5.41) is 56.0. The molecular weight excluding hydrogens is 1250 g/mol. The van der Waals surface area contributed by atoms with Crippen LogP contribution in [-0.4, -0.2) is 200 Å². The molecule has 2 saturated heterocycles. The van der Waals surface area contributed by atoms with E-state index in [0.717, 1.165) is 4.90 Å². The fourth-order valence-corrected chi connectivity index (χ4v) is 10.5. The second kappa shape index (κ2) is 35.9. The Bertz CT molecular complexity index is 3360. The summed E-state index contributed by atoms with van der Waals surface area (Å²) < 4.78 is 0. The number of carboxylic acid groups (broad SMARTS) is 2. The van der Waals surface area contributed by atoms with Crippen LogP contribution in [0.5, 0.6) is 5.75 Å².